The molecule has 0 spiro atoms. The van der Waals surface area contributed by atoms with Gasteiger partial charge >= 0.3 is 0 Å². The molecule has 0 saturated carbocycles. The third kappa shape index (κ3) is 4.73. The van der Waals surface area contributed by atoms with Crippen molar-refractivity contribution in [3.05, 3.63) is 77.4 Å². The van der Waals surface area contributed by atoms with E-state index in [1.165, 1.54) is 26.6 Å². The fourth-order valence-electron chi connectivity index (χ4n) is 5.05. The summed E-state index contributed by atoms with van der Waals surface area (Å²) >= 11 is 0. The second kappa shape index (κ2) is 10.2. The van der Waals surface area contributed by atoms with E-state index < -0.39 is 6.10 Å². The van der Waals surface area contributed by atoms with Gasteiger partial charge in [0.15, 0.2) is 11.5 Å². The number of hydrogen-bond donors (Lipinski definition) is 2. The van der Waals surface area contributed by atoms with Crippen molar-refractivity contribution in [2.45, 2.75) is 26.4 Å². The minimum atomic E-state index is -0.393. The molecule has 1 saturated heterocycles. The van der Waals surface area contributed by atoms with Crippen LogP contribution in [0.1, 0.15) is 43.1 Å². The average Bonchev–Trinajstić information content (AvgIpc) is 2.86. The van der Waals surface area contributed by atoms with Crippen molar-refractivity contribution >= 4 is 11.1 Å². The van der Waals surface area contributed by atoms with Gasteiger partial charge in [0.1, 0.15) is 30.0 Å². The van der Waals surface area contributed by atoms with E-state index in [4.69, 9.17) is 14.2 Å². The fourth-order valence-corrected chi connectivity index (χ4v) is 5.05. The van der Waals surface area contributed by atoms with E-state index in [2.05, 4.69) is 11.8 Å². The molecule has 36 heavy (non-hydrogen) atoms. The maximum absolute atomic E-state index is 10.5. The maximum atomic E-state index is 10.5. The molecule has 0 radical (unpaired) electrons. The number of phenolic OH excluding ortho intramolecular Hbond substituents is 2. The minimum absolute atomic E-state index is 0.0620. The normalized spacial score (nSPS) is 17.8. The lowest BCUT2D eigenvalue weighted by molar-refractivity contribution is 0.0806. The van der Waals surface area contributed by atoms with Crippen LogP contribution in [0, 0.1) is 5.92 Å². The zero-order valence-corrected chi connectivity index (χ0v) is 21.0. The lowest BCUT2D eigenvalue weighted by Gasteiger charge is -2.38. The van der Waals surface area contributed by atoms with Crippen LogP contribution in [0.25, 0.3) is 11.1 Å². The SMILES string of the molecule is CCC1CN(CCOc2ccc([C@H]3Oc4ccc(O)cc4C(C)=C3c3ccc(OC)c(O)c3)cc2)C1. The molecular formula is C30H33NO5. The van der Waals surface area contributed by atoms with Crippen molar-refractivity contribution in [3.8, 4) is 28.7 Å². The first-order chi connectivity index (χ1) is 17.5. The van der Waals surface area contributed by atoms with Crippen molar-refractivity contribution in [1.82, 2.24) is 4.90 Å². The van der Waals surface area contributed by atoms with E-state index in [1.54, 1.807) is 30.3 Å². The highest BCUT2D eigenvalue weighted by atomic mass is 16.5. The van der Waals surface area contributed by atoms with Crippen molar-refractivity contribution in [1.29, 1.82) is 0 Å². The molecule has 6 heteroatoms. The highest BCUT2D eigenvalue weighted by molar-refractivity contribution is 5.96. The predicted octanol–water partition coefficient (Wildman–Crippen LogP) is 5.89. The Morgan fingerprint density at radius 2 is 1.78 bits per heavy atom. The Labute approximate surface area is 212 Å². The summed E-state index contributed by atoms with van der Waals surface area (Å²) in [5.74, 6) is 3.03. The standard InChI is InChI=1S/C30H33NO5/c1-4-20-17-31(18-20)13-14-35-24-9-5-21(6-10-24)30-29(22-7-11-28(34-3)26(33)15-22)19(2)25-16-23(32)8-12-27(25)36-30/h5-12,15-16,20,30,32-33H,4,13-14,17-18H2,1-3H3/t30-/m1/s1. The molecule has 2 N–H and O–H groups in total. The molecule has 0 amide bonds. The van der Waals surface area contributed by atoms with Gasteiger partial charge in [-0.05, 0) is 72.0 Å². The molecule has 6 nitrogen and oxygen atoms in total. The third-order valence-electron chi connectivity index (χ3n) is 7.24. The Morgan fingerprint density at radius 3 is 2.47 bits per heavy atom. The Hall–Kier alpha value is -3.64. The van der Waals surface area contributed by atoms with Gasteiger partial charge in [-0.25, -0.2) is 0 Å². The molecule has 0 aliphatic carbocycles. The number of rotatable bonds is 8. The first-order valence-corrected chi connectivity index (χ1v) is 12.5. The van der Waals surface area contributed by atoms with Gasteiger partial charge in [-0.2, -0.15) is 0 Å². The number of ether oxygens (including phenoxy) is 3. The number of aromatic hydroxyl groups is 2. The van der Waals surface area contributed by atoms with Gasteiger partial charge in [0.05, 0.1) is 7.11 Å². The summed E-state index contributed by atoms with van der Waals surface area (Å²) in [6, 6.07) is 18.5. The molecule has 3 aromatic rings. The van der Waals surface area contributed by atoms with E-state index in [1.807, 2.05) is 37.3 Å². The van der Waals surface area contributed by atoms with Crippen molar-refractivity contribution in [3.63, 3.8) is 0 Å². The number of nitrogens with zero attached hydrogens (tertiary/aromatic N) is 1. The lowest BCUT2D eigenvalue weighted by Crippen LogP contribution is -2.47. The topological polar surface area (TPSA) is 71.4 Å². The van der Waals surface area contributed by atoms with E-state index in [0.29, 0.717) is 18.1 Å². The largest absolute Gasteiger partial charge is 0.508 e. The number of benzene rings is 3. The summed E-state index contributed by atoms with van der Waals surface area (Å²) in [6.07, 6.45) is 0.857. The molecule has 188 valence electrons. The quantitative estimate of drug-likeness (QED) is 0.413. The molecular weight excluding hydrogens is 454 g/mol. The summed E-state index contributed by atoms with van der Waals surface area (Å²) in [5, 5.41) is 20.6. The molecule has 5 rings (SSSR count). The van der Waals surface area contributed by atoms with Crippen LogP contribution in [0.3, 0.4) is 0 Å². The van der Waals surface area contributed by atoms with Crippen molar-refractivity contribution in [2.24, 2.45) is 5.92 Å². The molecule has 2 aliphatic rings. The predicted molar refractivity (Wildman–Crippen MR) is 141 cm³/mol. The first kappa shape index (κ1) is 24.1. The Morgan fingerprint density at radius 1 is 1.00 bits per heavy atom. The van der Waals surface area contributed by atoms with Gasteiger partial charge in [-0.1, -0.05) is 31.5 Å². The monoisotopic (exact) mass is 487 g/mol. The van der Waals surface area contributed by atoms with Gasteiger partial charge < -0.3 is 24.4 Å². The van der Waals surface area contributed by atoms with Gasteiger partial charge in [0, 0.05) is 30.8 Å². The summed E-state index contributed by atoms with van der Waals surface area (Å²) in [6.45, 7) is 8.22. The van der Waals surface area contributed by atoms with E-state index in [9.17, 15) is 10.2 Å². The summed E-state index contributed by atoms with van der Waals surface area (Å²) in [7, 11) is 1.53. The second-order valence-corrected chi connectivity index (χ2v) is 9.56. The number of phenols is 2. The minimum Gasteiger partial charge on any atom is -0.508 e. The molecule has 0 aromatic heterocycles. The van der Waals surface area contributed by atoms with Crippen LogP contribution in [-0.2, 0) is 0 Å². The lowest BCUT2D eigenvalue weighted by atomic mass is 9.86. The number of allylic oxidation sites excluding steroid dienone is 1. The van der Waals surface area contributed by atoms with E-state index >= 15 is 0 Å². The maximum Gasteiger partial charge on any atom is 0.160 e. The van der Waals surface area contributed by atoms with Crippen molar-refractivity contribution in [2.75, 3.05) is 33.4 Å². The van der Waals surface area contributed by atoms with Crippen LogP contribution in [0.15, 0.2) is 60.7 Å². The number of fused-ring (bicyclic) bond motifs is 1. The zero-order chi connectivity index (χ0) is 25.2. The van der Waals surface area contributed by atoms with Crippen LogP contribution < -0.4 is 14.2 Å². The summed E-state index contributed by atoms with van der Waals surface area (Å²) in [5.41, 5.74) is 4.52. The summed E-state index contributed by atoms with van der Waals surface area (Å²) < 4.78 is 17.7. The van der Waals surface area contributed by atoms with Crippen LogP contribution in [0.4, 0.5) is 0 Å². The Bertz CT molecular complexity index is 1260. The fraction of sp³-hybridized carbons (Fsp3) is 0.333. The van der Waals surface area contributed by atoms with Gasteiger partial charge in [-0.15, -0.1) is 0 Å². The second-order valence-electron chi connectivity index (χ2n) is 9.56. The van der Waals surface area contributed by atoms with E-state index in [0.717, 1.165) is 46.0 Å². The molecule has 2 heterocycles. The Balaban J connectivity index is 1.40. The molecule has 3 aromatic carbocycles. The van der Waals surface area contributed by atoms with Crippen molar-refractivity contribution < 1.29 is 24.4 Å². The summed E-state index contributed by atoms with van der Waals surface area (Å²) in [4.78, 5) is 2.43. The number of hydrogen-bond acceptors (Lipinski definition) is 6. The van der Waals surface area contributed by atoms with Crippen LogP contribution in [-0.4, -0.2) is 48.5 Å². The van der Waals surface area contributed by atoms with Crippen LogP contribution in [0.2, 0.25) is 0 Å². The van der Waals surface area contributed by atoms with E-state index in [-0.39, 0.29) is 11.5 Å². The average molecular weight is 488 g/mol. The van der Waals surface area contributed by atoms with Gasteiger partial charge in [-0.3, -0.25) is 4.90 Å². The molecule has 0 bridgehead atoms. The number of methoxy groups -OCH3 is 1. The van der Waals surface area contributed by atoms with Crippen LogP contribution >= 0.6 is 0 Å². The first-order valence-electron chi connectivity index (χ1n) is 12.5. The van der Waals surface area contributed by atoms with Gasteiger partial charge in [0.2, 0.25) is 0 Å². The molecule has 1 atom stereocenters. The zero-order valence-electron chi connectivity index (χ0n) is 21.0. The molecule has 1 fully saturated rings. The number of likely N-dealkylation sites (tertiary alicyclic amines) is 1. The molecule has 0 unspecified atom stereocenters. The Kier molecular flexibility index (Phi) is 6.79. The highest BCUT2D eigenvalue weighted by Gasteiger charge is 2.30. The highest BCUT2D eigenvalue weighted by Crippen LogP contribution is 2.48. The van der Waals surface area contributed by atoms with Crippen LogP contribution in [0.5, 0.6) is 28.7 Å². The van der Waals surface area contributed by atoms with Gasteiger partial charge in [0.25, 0.3) is 0 Å². The third-order valence-corrected chi connectivity index (χ3v) is 7.24. The molecule has 2 aliphatic heterocycles. The smallest absolute Gasteiger partial charge is 0.160 e.